The van der Waals surface area contributed by atoms with Crippen molar-refractivity contribution in [3.63, 3.8) is 0 Å². The number of pyridine rings is 1. The maximum Gasteiger partial charge on any atom is 0.340 e. The van der Waals surface area contributed by atoms with Gasteiger partial charge in [0.25, 0.3) is 0 Å². The third-order valence-electron chi connectivity index (χ3n) is 5.14. The van der Waals surface area contributed by atoms with Crippen LogP contribution in [-0.4, -0.2) is 39.7 Å². The third kappa shape index (κ3) is 3.65. The molecule has 0 saturated heterocycles. The molecule has 0 fully saturated rings. The number of esters is 1. The van der Waals surface area contributed by atoms with Crippen molar-refractivity contribution >= 4 is 40.0 Å². The minimum absolute atomic E-state index is 0.377. The van der Waals surface area contributed by atoms with Gasteiger partial charge in [-0.1, -0.05) is 0 Å². The maximum absolute atomic E-state index is 12.3. The first-order valence-electron chi connectivity index (χ1n) is 9.76. The molecule has 162 valence electrons. The summed E-state index contributed by atoms with van der Waals surface area (Å²) in [6.45, 7) is 5.87. The van der Waals surface area contributed by atoms with Crippen LogP contribution in [-0.2, 0) is 4.74 Å². The number of aryl methyl sites for hydroxylation is 2. The molecule has 0 spiro atoms. The minimum atomic E-state index is -0.377. The highest BCUT2D eigenvalue weighted by Crippen LogP contribution is 2.32. The zero-order valence-corrected chi connectivity index (χ0v) is 19.1. The molecule has 0 unspecified atom stereocenters. The number of allylic oxidation sites excluding steroid dienone is 1. The lowest BCUT2D eigenvalue weighted by Crippen LogP contribution is -2.06. The number of rotatable bonds is 5. The summed E-state index contributed by atoms with van der Waals surface area (Å²) in [6, 6.07) is 7.76. The van der Waals surface area contributed by atoms with Crippen molar-refractivity contribution in [1.82, 2.24) is 19.5 Å². The first-order valence-corrected chi connectivity index (χ1v) is 10.6. The van der Waals surface area contributed by atoms with E-state index in [9.17, 15) is 10.1 Å². The number of carbonyl (C=O) groups excluding carboxylic acids is 1. The summed E-state index contributed by atoms with van der Waals surface area (Å²) in [5.74, 6) is 0.525. The molecule has 4 aromatic heterocycles. The average molecular weight is 448 g/mol. The predicted octanol–water partition coefficient (Wildman–Crippen LogP) is 4.59. The van der Waals surface area contributed by atoms with Crippen molar-refractivity contribution in [2.24, 2.45) is 0 Å². The highest BCUT2D eigenvalue weighted by molar-refractivity contribution is 7.14. The second-order valence-electron chi connectivity index (χ2n) is 7.23. The highest BCUT2D eigenvalue weighted by atomic mass is 32.1. The fraction of sp³-hybridized carbons (Fsp3) is 0.217. The van der Waals surface area contributed by atoms with E-state index in [1.54, 1.807) is 25.4 Å². The van der Waals surface area contributed by atoms with Crippen molar-refractivity contribution in [2.75, 3.05) is 14.2 Å². The summed E-state index contributed by atoms with van der Waals surface area (Å²) in [4.78, 5) is 25.1. The Labute approximate surface area is 188 Å². The van der Waals surface area contributed by atoms with Crippen LogP contribution >= 0.6 is 11.3 Å². The van der Waals surface area contributed by atoms with Crippen LogP contribution in [0.15, 0.2) is 24.4 Å². The summed E-state index contributed by atoms with van der Waals surface area (Å²) in [5, 5.41) is 10.6. The zero-order chi connectivity index (χ0) is 23.0. The average Bonchev–Trinajstić information content (AvgIpc) is 3.45. The normalized spacial score (nSPS) is 11.6. The quantitative estimate of drug-likeness (QED) is 0.354. The Balaban J connectivity index is 1.80. The number of fused-ring (bicyclic) bond motifs is 1. The first kappa shape index (κ1) is 21.3. The monoisotopic (exact) mass is 447 g/mol. The second-order valence-corrected chi connectivity index (χ2v) is 8.46. The summed E-state index contributed by atoms with van der Waals surface area (Å²) >= 11 is 1.52. The van der Waals surface area contributed by atoms with Crippen LogP contribution in [0, 0.1) is 32.1 Å². The van der Waals surface area contributed by atoms with E-state index in [-0.39, 0.29) is 5.97 Å². The molecule has 4 rings (SSSR count). The molecule has 32 heavy (non-hydrogen) atoms. The van der Waals surface area contributed by atoms with E-state index < -0.39 is 0 Å². The third-order valence-corrected chi connectivity index (χ3v) is 6.18. The Bertz CT molecular complexity index is 1420. The van der Waals surface area contributed by atoms with E-state index in [1.165, 1.54) is 18.4 Å². The van der Waals surface area contributed by atoms with E-state index in [1.807, 2.05) is 37.5 Å². The predicted molar refractivity (Wildman–Crippen MR) is 123 cm³/mol. The molecule has 0 aliphatic carbocycles. The number of aromatic nitrogens is 4. The van der Waals surface area contributed by atoms with Gasteiger partial charge in [0, 0.05) is 22.3 Å². The Morgan fingerprint density at radius 1 is 1.25 bits per heavy atom. The summed E-state index contributed by atoms with van der Waals surface area (Å²) in [7, 11) is 2.92. The molecule has 0 bridgehead atoms. The van der Waals surface area contributed by atoms with Crippen molar-refractivity contribution < 1.29 is 14.3 Å². The Morgan fingerprint density at radius 2 is 2.03 bits per heavy atom. The van der Waals surface area contributed by atoms with Gasteiger partial charge in [-0.05, 0) is 44.5 Å². The van der Waals surface area contributed by atoms with Gasteiger partial charge in [0.2, 0.25) is 5.88 Å². The van der Waals surface area contributed by atoms with Gasteiger partial charge < -0.3 is 19.0 Å². The molecule has 4 aromatic rings. The van der Waals surface area contributed by atoms with Gasteiger partial charge in [0.15, 0.2) is 0 Å². The summed E-state index contributed by atoms with van der Waals surface area (Å²) in [5.41, 5.74) is 4.98. The van der Waals surface area contributed by atoms with Gasteiger partial charge in [-0.3, -0.25) is 0 Å². The number of imidazole rings is 1. The highest BCUT2D eigenvalue weighted by Gasteiger charge is 2.21. The number of nitriles is 1. The standard InChI is InChI=1S/C23H21N5O3S/c1-12-6-15(14(3)28(12)22-17(23(29)31-5)7-13(2)32-22)8-16(10-24)21-26-18-9-20(30-4)25-11-19(18)27-21/h6-9,11H,1-5H3,(H,26,27). The van der Waals surface area contributed by atoms with Crippen molar-refractivity contribution in [3.05, 3.63) is 57.6 Å². The Morgan fingerprint density at radius 3 is 2.72 bits per heavy atom. The molecule has 8 nitrogen and oxygen atoms in total. The summed E-state index contributed by atoms with van der Waals surface area (Å²) < 4.78 is 12.1. The van der Waals surface area contributed by atoms with E-state index in [0.717, 1.165) is 26.8 Å². The van der Waals surface area contributed by atoms with Crippen LogP contribution in [0.3, 0.4) is 0 Å². The first-order chi connectivity index (χ1) is 15.4. The Kier molecular flexibility index (Phi) is 5.55. The summed E-state index contributed by atoms with van der Waals surface area (Å²) in [6.07, 6.45) is 3.42. The number of methoxy groups -OCH3 is 2. The molecule has 0 saturated carbocycles. The number of ether oxygens (including phenoxy) is 2. The van der Waals surface area contributed by atoms with Gasteiger partial charge in [0.1, 0.15) is 16.9 Å². The maximum atomic E-state index is 12.3. The number of carbonyl (C=O) groups is 1. The zero-order valence-electron chi connectivity index (χ0n) is 18.3. The molecule has 4 heterocycles. The molecular formula is C23H21N5O3S. The van der Waals surface area contributed by atoms with Gasteiger partial charge in [-0.25, -0.2) is 14.8 Å². The van der Waals surface area contributed by atoms with E-state index in [4.69, 9.17) is 9.47 Å². The van der Waals surface area contributed by atoms with E-state index >= 15 is 0 Å². The van der Waals surface area contributed by atoms with Crippen molar-refractivity contribution in [2.45, 2.75) is 20.8 Å². The van der Waals surface area contributed by atoms with Crippen LogP contribution in [0.25, 0.3) is 27.7 Å². The molecule has 0 aromatic carbocycles. The SMILES string of the molecule is COC(=O)c1cc(C)sc1-n1c(C)cc(C=C(C#N)c2nc3cc(OC)ncc3[nH]2)c1C. The van der Waals surface area contributed by atoms with Crippen molar-refractivity contribution in [1.29, 1.82) is 5.26 Å². The van der Waals surface area contributed by atoms with E-state index in [2.05, 4.69) is 21.0 Å². The number of nitrogens with one attached hydrogen (secondary N) is 1. The lowest BCUT2D eigenvalue weighted by atomic mass is 10.1. The van der Waals surface area contributed by atoms with Gasteiger partial charge in [0.05, 0.1) is 42.6 Å². The number of aromatic amines is 1. The largest absolute Gasteiger partial charge is 0.481 e. The van der Waals surface area contributed by atoms with Crippen LogP contribution in [0.1, 0.15) is 38.0 Å². The molecule has 0 aliphatic heterocycles. The van der Waals surface area contributed by atoms with Crippen LogP contribution in [0.4, 0.5) is 0 Å². The van der Waals surface area contributed by atoms with Gasteiger partial charge >= 0.3 is 5.97 Å². The molecular weight excluding hydrogens is 426 g/mol. The molecule has 0 atom stereocenters. The number of nitrogens with zero attached hydrogens (tertiary/aromatic N) is 4. The van der Waals surface area contributed by atoms with Crippen LogP contribution in [0.2, 0.25) is 0 Å². The molecule has 0 radical (unpaired) electrons. The fourth-order valence-corrected chi connectivity index (χ4v) is 4.72. The second kappa shape index (κ2) is 8.32. The van der Waals surface area contributed by atoms with E-state index in [0.29, 0.717) is 33.9 Å². The number of hydrogen-bond acceptors (Lipinski definition) is 7. The van der Waals surface area contributed by atoms with Crippen molar-refractivity contribution in [3.8, 4) is 17.0 Å². The minimum Gasteiger partial charge on any atom is -0.481 e. The lowest BCUT2D eigenvalue weighted by Gasteiger charge is -2.09. The molecule has 0 amide bonds. The lowest BCUT2D eigenvalue weighted by molar-refractivity contribution is 0.0601. The van der Waals surface area contributed by atoms with Crippen LogP contribution < -0.4 is 4.74 Å². The number of H-pyrrole nitrogens is 1. The smallest absolute Gasteiger partial charge is 0.340 e. The van der Waals surface area contributed by atoms with Crippen LogP contribution in [0.5, 0.6) is 5.88 Å². The van der Waals surface area contributed by atoms with Gasteiger partial charge in [-0.2, -0.15) is 5.26 Å². The molecule has 1 N–H and O–H groups in total. The Hall–Kier alpha value is -3.90. The molecule has 0 aliphatic rings. The number of thiophene rings is 1. The van der Waals surface area contributed by atoms with Gasteiger partial charge in [-0.15, -0.1) is 11.3 Å². The fourth-order valence-electron chi connectivity index (χ4n) is 3.61. The molecule has 9 heteroatoms. The number of hydrogen-bond donors (Lipinski definition) is 1. The topological polar surface area (TPSA) is 106 Å².